The number of nitrogens with zero attached hydrogens (tertiary/aromatic N) is 2. The molecule has 1 N–H and O–H groups in total. The standard InChI is InChI=1S/C24H25N3O3S/c1-2-30-24(29)22-17-10-6-11-19(17)31-23(22)25-20(28)15-26-14-18(16-8-4-3-5-9-16)27-13-7-12-21(26)27/h3-5,8-9,14H,2,6-7,10-13,15H2,1H3/p+1. The van der Waals surface area contributed by atoms with E-state index >= 15 is 0 Å². The van der Waals surface area contributed by atoms with Gasteiger partial charge in [0, 0.05) is 10.4 Å². The van der Waals surface area contributed by atoms with E-state index in [1.54, 1.807) is 6.92 Å². The summed E-state index contributed by atoms with van der Waals surface area (Å²) < 4.78 is 9.64. The molecule has 3 heterocycles. The number of fused-ring (bicyclic) bond motifs is 2. The third kappa shape index (κ3) is 3.67. The molecule has 2 aliphatic rings. The van der Waals surface area contributed by atoms with Crippen LogP contribution in [0.15, 0.2) is 36.5 Å². The highest BCUT2D eigenvalue weighted by atomic mass is 32.1. The van der Waals surface area contributed by atoms with Gasteiger partial charge in [-0.25, -0.2) is 13.9 Å². The molecule has 0 spiro atoms. The van der Waals surface area contributed by atoms with Crippen LogP contribution in [-0.4, -0.2) is 23.1 Å². The maximum atomic E-state index is 13.0. The Hall–Kier alpha value is -2.93. The van der Waals surface area contributed by atoms with Crippen molar-refractivity contribution in [2.75, 3.05) is 11.9 Å². The van der Waals surface area contributed by atoms with Gasteiger partial charge in [-0.1, -0.05) is 30.3 Å². The van der Waals surface area contributed by atoms with E-state index in [0.29, 0.717) is 17.2 Å². The zero-order valence-corrected chi connectivity index (χ0v) is 18.5. The van der Waals surface area contributed by atoms with Gasteiger partial charge in [0.1, 0.15) is 11.2 Å². The average Bonchev–Trinajstić information content (AvgIpc) is 3.51. The number of esters is 1. The summed E-state index contributed by atoms with van der Waals surface area (Å²) in [7, 11) is 0. The minimum atomic E-state index is -0.332. The second-order valence-electron chi connectivity index (χ2n) is 8.01. The summed E-state index contributed by atoms with van der Waals surface area (Å²) in [5.74, 6) is 0.727. The van der Waals surface area contributed by atoms with Crippen LogP contribution in [0.25, 0.3) is 11.3 Å². The fraction of sp³-hybridized carbons (Fsp3) is 0.375. The minimum absolute atomic E-state index is 0.115. The lowest BCUT2D eigenvalue weighted by molar-refractivity contribution is -0.690. The van der Waals surface area contributed by atoms with Gasteiger partial charge in [-0.15, -0.1) is 11.3 Å². The number of hydrogen-bond acceptors (Lipinski definition) is 4. The van der Waals surface area contributed by atoms with Gasteiger partial charge in [-0.2, -0.15) is 0 Å². The molecule has 2 aromatic heterocycles. The van der Waals surface area contributed by atoms with E-state index in [4.69, 9.17) is 4.74 Å². The molecule has 5 rings (SSSR count). The van der Waals surface area contributed by atoms with E-state index in [-0.39, 0.29) is 18.4 Å². The van der Waals surface area contributed by atoms with Crippen LogP contribution in [0, 0.1) is 0 Å². The summed E-state index contributed by atoms with van der Waals surface area (Å²) in [6.07, 6.45) is 7.01. The van der Waals surface area contributed by atoms with E-state index in [0.717, 1.165) is 55.5 Å². The van der Waals surface area contributed by atoms with E-state index in [1.165, 1.54) is 22.0 Å². The smallest absolute Gasteiger partial charge is 0.341 e. The summed E-state index contributed by atoms with van der Waals surface area (Å²) in [5.41, 5.74) is 3.92. The molecular weight excluding hydrogens is 410 g/mol. The number of amides is 1. The third-order valence-corrected chi connectivity index (χ3v) is 7.24. The van der Waals surface area contributed by atoms with Gasteiger partial charge in [0.05, 0.1) is 25.1 Å². The van der Waals surface area contributed by atoms with Crippen molar-refractivity contribution in [3.8, 4) is 11.3 Å². The zero-order valence-electron chi connectivity index (χ0n) is 17.6. The Morgan fingerprint density at radius 3 is 2.81 bits per heavy atom. The van der Waals surface area contributed by atoms with Crippen LogP contribution in [0.1, 0.15) is 46.4 Å². The lowest BCUT2D eigenvalue weighted by Gasteiger charge is -2.07. The second-order valence-corrected chi connectivity index (χ2v) is 9.11. The van der Waals surface area contributed by atoms with Crippen LogP contribution in [-0.2, 0) is 41.9 Å². The number of nitrogens with one attached hydrogen (secondary N) is 1. The van der Waals surface area contributed by atoms with Crippen molar-refractivity contribution < 1.29 is 18.9 Å². The average molecular weight is 437 g/mol. The molecule has 6 nitrogen and oxygen atoms in total. The Kier molecular flexibility index (Phi) is 5.36. The van der Waals surface area contributed by atoms with Gasteiger partial charge in [-0.05, 0) is 38.2 Å². The van der Waals surface area contributed by atoms with E-state index in [1.807, 2.05) is 18.2 Å². The lowest BCUT2D eigenvalue weighted by Crippen LogP contribution is -2.42. The van der Waals surface area contributed by atoms with Gasteiger partial charge in [0.15, 0.2) is 12.2 Å². The summed E-state index contributed by atoms with van der Waals surface area (Å²) in [6, 6.07) is 10.3. The topological polar surface area (TPSA) is 64.2 Å². The maximum Gasteiger partial charge on any atom is 0.341 e. The summed E-state index contributed by atoms with van der Waals surface area (Å²) in [6.45, 7) is 3.33. The van der Waals surface area contributed by atoms with Gasteiger partial charge >= 0.3 is 5.97 Å². The molecule has 1 aromatic carbocycles. The molecule has 1 aliphatic heterocycles. The Bertz CT molecular complexity index is 1150. The monoisotopic (exact) mass is 436 g/mol. The van der Waals surface area contributed by atoms with Gasteiger partial charge < -0.3 is 10.1 Å². The van der Waals surface area contributed by atoms with Gasteiger partial charge in [0.25, 0.3) is 11.7 Å². The molecule has 7 heteroatoms. The molecule has 1 amide bonds. The normalized spacial score (nSPS) is 14.4. The van der Waals surface area contributed by atoms with Crippen LogP contribution < -0.4 is 9.88 Å². The number of imidazole rings is 1. The minimum Gasteiger partial charge on any atom is -0.462 e. The number of rotatable bonds is 6. The van der Waals surface area contributed by atoms with Gasteiger partial charge in [0.2, 0.25) is 0 Å². The molecule has 0 saturated heterocycles. The maximum absolute atomic E-state index is 13.0. The SMILES string of the molecule is CCOC(=O)c1c(NC(=O)C[n+]2cc(-c3ccccc3)n3c2CCC3)sc2c1CCC2. The van der Waals surface area contributed by atoms with E-state index in [9.17, 15) is 9.59 Å². The van der Waals surface area contributed by atoms with Crippen molar-refractivity contribution in [2.24, 2.45) is 0 Å². The Morgan fingerprint density at radius 1 is 1.16 bits per heavy atom. The highest BCUT2D eigenvalue weighted by Crippen LogP contribution is 2.39. The molecule has 0 bridgehead atoms. The third-order valence-electron chi connectivity index (χ3n) is 6.03. The van der Waals surface area contributed by atoms with Crippen molar-refractivity contribution in [1.82, 2.24) is 4.57 Å². The van der Waals surface area contributed by atoms with Crippen molar-refractivity contribution in [2.45, 2.75) is 52.1 Å². The quantitative estimate of drug-likeness (QED) is 0.473. The molecule has 160 valence electrons. The number of thiophene rings is 1. The van der Waals surface area contributed by atoms with Crippen LogP contribution in [0.3, 0.4) is 0 Å². The van der Waals surface area contributed by atoms with Gasteiger partial charge in [-0.3, -0.25) is 4.79 Å². The molecule has 0 atom stereocenters. The first-order chi connectivity index (χ1) is 15.2. The molecular formula is C24H26N3O3S+. The predicted molar refractivity (Wildman–Crippen MR) is 119 cm³/mol. The fourth-order valence-corrected chi connectivity index (χ4v) is 6.01. The summed E-state index contributed by atoms with van der Waals surface area (Å²) >= 11 is 1.52. The van der Waals surface area contributed by atoms with Crippen LogP contribution in [0.2, 0.25) is 0 Å². The number of anilines is 1. The fourth-order valence-electron chi connectivity index (χ4n) is 4.72. The highest BCUT2D eigenvalue weighted by molar-refractivity contribution is 7.17. The number of carbonyl (C=O) groups is 2. The first kappa shape index (κ1) is 20.0. The molecule has 1 aliphatic carbocycles. The molecule has 0 radical (unpaired) electrons. The molecule has 0 unspecified atom stereocenters. The summed E-state index contributed by atoms with van der Waals surface area (Å²) in [4.78, 5) is 26.8. The molecule has 0 saturated carbocycles. The first-order valence-corrected chi connectivity index (χ1v) is 11.8. The van der Waals surface area contributed by atoms with Crippen molar-refractivity contribution in [3.63, 3.8) is 0 Å². The predicted octanol–water partition coefficient (Wildman–Crippen LogP) is 3.75. The Labute approximate surface area is 185 Å². The first-order valence-electron chi connectivity index (χ1n) is 10.9. The molecule has 3 aromatic rings. The zero-order chi connectivity index (χ0) is 21.4. The van der Waals surface area contributed by atoms with Crippen molar-refractivity contribution in [3.05, 3.63) is 58.4 Å². The lowest BCUT2D eigenvalue weighted by atomic mass is 10.1. The Balaban J connectivity index is 1.40. The number of carbonyl (C=O) groups excluding carboxylic acids is 2. The second kappa shape index (κ2) is 8.30. The Morgan fingerprint density at radius 2 is 2.00 bits per heavy atom. The van der Waals surface area contributed by atoms with Crippen LogP contribution in [0.4, 0.5) is 5.00 Å². The van der Waals surface area contributed by atoms with Crippen LogP contribution >= 0.6 is 11.3 Å². The number of hydrogen-bond donors (Lipinski definition) is 1. The van der Waals surface area contributed by atoms with E-state index < -0.39 is 0 Å². The largest absolute Gasteiger partial charge is 0.462 e. The van der Waals surface area contributed by atoms with E-state index in [2.05, 4.69) is 32.8 Å². The highest BCUT2D eigenvalue weighted by Gasteiger charge is 2.31. The summed E-state index contributed by atoms with van der Waals surface area (Å²) in [5, 5.41) is 3.65. The van der Waals surface area contributed by atoms with Crippen LogP contribution in [0.5, 0.6) is 0 Å². The molecule has 0 fully saturated rings. The van der Waals surface area contributed by atoms with Crippen molar-refractivity contribution >= 4 is 28.2 Å². The number of aryl methyl sites for hydroxylation is 1. The number of aromatic nitrogens is 2. The number of benzene rings is 1. The van der Waals surface area contributed by atoms with Crippen molar-refractivity contribution in [1.29, 1.82) is 0 Å². The number of ether oxygens (including phenoxy) is 1. The molecule has 31 heavy (non-hydrogen) atoms.